The van der Waals surface area contributed by atoms with Gasteiger partial charge in [-0.2, -0.15) is 0 Å². The molecule has 0 aromatic heterocycles. The van der Waals surface area contributed by atoms with E-state index in [2.05, 4.69) is 20.8 Å². The molecule has 3 aliphatic rings. The lowest BCUT2D eigenvalue weighted by atomic mass is 9.56. The highest BCUT2D eigenvalue weighted by Gasteiger charge is 2.70. The molecular formula is C30H41N3O8. The van der Waals surface area contributed by atoms with E-state index >= 15 is 0 Å². The molecule has 0 unspecified atom stereocenters. The Morgan fingerprint density at radius 2 is 1.68 bits per heavy atom. The van der Waals surface area contributed by atoms with Gasteiger partial charge < -0.3 is 36.2 Å². The number of nitrogens with zero attached hydrogens (tertiary/aromatic N) is 2. The Bertz CT molecular complexity index is 1400. The standard InChI is InChI=1S/C30H41N3O8/c1-28(2,3)10-8-9-14-12-17(32(4)5)16-11-15-13-18-29(40,24(36)19(15)23(35)20(16)22(14)34)25(37)21(27(31)39)26(38)30(18,41)33(6)7/h12,15,18,34-35,38,40-41H,8-11,13H2,1-7H3,(H2,31,39)/t15-,18+,29-,30+/m0/s1. The minimum absolute atomic E-state index is 0.0586. The number of phenols is 1. The predicted octanol–water partition coefficient (Wildman–Crippen LogP) is 1.72. The Morgan fingerprint density at radius 1 is 1.07 bits per heavy atom. The molecule has 1 fully saturated rings. The number of nitrogens with two attached hydrogens (primary N) is 1. The number of carbonyl (C=O) groups excluding carboxylic acids is 3. The molecule has 0 aliphatic heterocycles. The number of primary amides is 1. The Morgan fingerprint density at radius 3 is 2.20 bits per heavy atom. The van der Waals surface area contributed by atoms with E-state index in [0.717, 1.165) is 23.4 Å². The third kappa shape index (κ3) is 4.41. The Kier molecular flexibility index (Phi) is 7.34. The van der Waals surface area contributed by atoms with Crippen molar-refractivity contribution in [3.8, 4) is 5.75 Å². The van der Waals surface area contributed by atoms with Gasteiger partial charge in [-0.1, -0.05) is 20.8 Å². The highest BCUT2D eigenvalue weighted by atomic mass is 16.4. The van der Waals surface area contributed by atoms with Crippen LogP contribution in [0, 0.1) is 17.3 Å². The maximum absolute atomic E-state index is 14.1. The van der Waals surface area contributed by atoms with Gasteiger partial charge in [0.05, 0.1) is 11.5 Å². The molecule has 3 aliphatic carbocycles. The molecule has 1 aromatic carbocycles. The van der Waals surface area contributed by atoms with Crippen molar-refractivity contribution in [2.75, 3.05) is 33.1 Å². The van der Waals surface area contributed by atoms with Crippen molar-refractivity contribution in [2.45, 2.75) is 64.2 Å². The predicted molar refractivity (Wildman–Crippen MR) is 152 cm³/mol. The molecular weight excluding hydrogens is 530 g/mol. The van der Waals surface area contributed by atoms with Crippen molar-refractivity contribution in [3.63, 3.8) is 0 Å². The molecule has 1 saturated carbocycles. The molecule has 7 N–H and O–H groups in total. The molecule has 0 heterocycles. The number of fused-ring (bicyclic) bond motifs is 3. The largest absolute Gasteiger partial charge is 0.507 e. The van der Waals surface area contributed by atoms with Crippen LogP contribution in [0.4, 0.5) is 5.69 Å². The maximum atomic E-state index is 14.1. The summed E-state index contributed by atoms with van der Waals surface area (Å²) in [7, 11) is 6.37. The van der Waals surface area contributed by atoms with Crippen molar-refractivity contribution in [1.82, 2.24) is 4.90 Å². The van der Waals surface area contributed by atoms with Crippen LogP contribution in [-0.4, -0.2) is 87.4 Å². The second kappa shape index (κ2) is 9.85. The number of anilines is 1. The number of aliphatic hydroxyl groups excluding tert-OH is 2. The number of likely N-dealkylation sites (N-methyl/N-ethyl adjacent to an activating group) is 1. The van der Waals surface area contributed by atoms with Crippen LogP contribution in [-0.2, 0) is 27.2 Å². The van der Waals surface area contributed by atoms with Crippen molar-refractivity contribution < 1.29 is 39.9 Å². The number of phenolic OH excluding ortho intramolecular Hbond substituents is 1. The minimum Gasteiger partial charge on any atom is -0.507 e. The number of aryl methyl sites for hydroxylation is 1. The third-order valence-corrected chi connectivity index (χ3v) is 8.86. The average Bonchev–Trinajstić information content (AvgIpc) is 2.84. The summed E-state index contributed by atoms with van der Waals surface area (Å²) in [4.78, 5) is 42.7. The Balaban J connectivity index is 1.93. The zero-order valence-corrected chi connectivity index (χ0v) is 24.7. The molecule has 224 valence electrons. The zero-order chi connectivity index (χ0) is 31.0. The van der Waals surface area contributed by atoms with Crippen LogP contribution >= 0.6 is 0 Å². The van der Waals surface area contributed by atoms with Gasteiger partial charge >= 0.3 is 0 Å². The van der Waals surface area contributed by atoms with Crippen molar-refractivity contribution in [2.24, 2.45) is 23.0 Å². The number of rotatable bonds is 6. The number of aliphatic hydroxyl groups is 4. The maximum Gasteiger partial charge on any atom is 0.256 e. The first kappa shape index (κ1) is 30.5. The fraction of sp³-hybridized carbons (Fsp3) is 0.567. The monoisotopic (exact) mass is 571 g/mol. The number of carbonyl (C=O) groups is 3. The van der Waals surface area contributed by atoms with Crippen LogP contribution in [0.25, 0.3) is 5.76 Å². The average molecular weight is 572 g/mol. The lowest BCUT2D eigenvalue weighted by Gasteiger charge is -2.54. The van der Waals surface area contributed by atoms with Gasteiger partial charge in [0, 0.05) is 25.4 Å². The lowest BCUT2D eigenvalue weighted by Crippen LogP contribution is -2.72. The van der Waals surface area contributed by atoms with E-state index in [-0.39, 0.29) is 35.1 Å². The molecule has 11 heteroatoms. The summed E-state index contributed by atoms with van der Waals surface area (Å²) in [5.41, 5.74) is 0.511. The van der Waals surface area contributed by atoms with E-state index in [1.54, 1.807) is 0 Å². The van der Waals surface area contributed by atoms with Crippen molar-refractivity contribution in [3.05, 3.63) is 39.7 Å². The van der Waals surface area contributed by atoms with E-state index in [1.807, 2.05) is 25.1 Å². The third-order valence-electron chi connectivity index (χ3n) is 8.86. The van der Waals surface area contributed by atoms with Gasteiger partial charge in [-0.25, -0.2) is 0 Å². The quantitative estimate of drug-likeness (QED) is 0.167. The van der Waals surface area contributed by atoms with E-state index < -0.39 is 57.7 Å². The summed E-state index contributed by atoms with van der Waals surface area (Å²) in [5.74, 6) is -8.23. The summed E-state index contributed by atoms with van der Waals surface area (Å²) >= 11 is 0. The number of hydrogen-bond donors (Lipinski definition) is 6. The van der Waals surface area contributed by atoms with Gasteiger partial charge in [-0.05, 0) is 74.7 Å². The molecule has 0 spiro atoms. The van der Waals surface area contributed by atoms with Gasteiger partial charge in [-0.15, -0.1) is 0 Å². The molecule has 1 aromatic rings. The first-order chi connectivity index (χ1) is 18.8. The summed E-state index contributed by atoms with van der Waals surface area (Å²) in [6.07, 6.45) is 2.11. The fourth-order valence-electron chi connectivity index (χ4n) is 6.72. The molecule has 0 saturated heterocycles. The van der Waals surface area contributed by atoms with E-state index in [0.29, 0.717) is 17.5 Å². The normalized spacial score (nSPS) is 28.0. The van der Waals surface area contributed by atoms with Gasteiger partial charge in [0.2, 0.25) is 11.6 Å². The van der Waals surface area contributed by atoms with Gasteiger partial charge in [-0.3, -0.25) is 19.3 Å². The topological polar surface area (TPSA) is 185 Å². The van der Waals surface area contributed by atoms with Crippen LogP contribution < -0.4 is 10.6 Å². The number of ketones is 2. The Hall–Kier alpha value is -3.41. The first-order valence-electron chi connectivity index (χ1n) is 13.7. The van der Waals surface area contributed by atoms with Crippen LogP contribution in [0.1, 0.15) is 56.7 Å². The number of Topliss-reactive ketones (excluding diaryl/α,β-unsaturated/α-hetero) is 2. The fourth-order valence-corrected chi connectivity index (χ4v) is 6.72. The highest BCUT2D eigenvalue weighted by molar-refractivity contribution is 6.33. The first-order valence-corrected chi connectivity index (χ1v) is 13.7. The van der Waals surface area contributed by atoms with Crippen LogP contribution in [0.2, 0.25) is 0 Å². The molecule has 1 amide bonds. The molecule has 41 heavy (non-hydrogen) atoms. The minimum atomic E-state index is -3.00. The van der Waals surface area contributed by atoms with Crippen LogP contribution in [0.5, 0.6) is 5.75 Å². The van der Waals surface area contributed by atoms with Crippen molar-refractivity contribution >= 4 is 28.9 Å². The number of benzene rings is 1. The smallest absolute Gasteiger partial charge is 0.256 e. The Labute approximate surface area is 239 Å². The molecule has 0 bridgehead atoms. The van der Waals surface area contributed by atoms with Crippen LogP contribution in [0.3, 0.4) is 0 Å². The van der Waals surface area contributed by atoms with E-state index in [4.69, 9.17) is 5.73 Å². The SMILES string of the molecule is CN(C)c1cc(CCCC(C)(C)C)c(O)c2c1C[C@H]1C[C@@H]3[C@@](O)(C(=O)C(C(N)=O)=C(O)[C@@]3(O)N(C)C)C(=O)C1=C2O. The van der Waals surface area contributed by atoms with Gasteiger partial charge in [0.15, 0.2) is 17.1 Å². The van der Waals surface area contributed by atoms with E-state index in [9.17, 15) is 39.9 Å². The highest BCUT2D eigenvalue weighted by Crippen LogP contribution is 2.55. The summed E-state index contributed by atoms with van der Waals surface area (Å²) in [6.45, 7) is 6.36. The number of amides is 1. The molecule has 11 nitrogen and oxygen atoms in total. The summed E-state index contributed by atoms with van der Waals surface area (Å²) in [5, 5.41) is 57.3. The second-order valence-electron chi connectivity index (χ2n) is 13.2. The summed E-state index contributed by atoms with van der Waals surface area (Å²) in [6, 6.07) is 1.87. The zero-order valence-electron chi connectivity index (χ0n) is 24.7. The number of hydrogen-bond acceptors (Lipinski definition) is 10. The number of aromatic hydroxyl groups is 1. The molecule has 0 radical (unpaired) electrons. The molecule has 4 atom stereocenters. The summed E-state index contributed by atoms with van der Waals surface area (Å²) < 4.78 is 0. The van der Waals surface area contributed by atoms with Gasteiger partial charge in [0.25, 0.3) is 5.91 Å². The van der Waals surface area contributed by atoms with Crippen molar-refractivity contribution in [1.29, 1.82) is 0 Å². The van der Waals surface area contributed by atoms with E-state index in [1.165, 1.54) is 14.1 Å². The second-order valence-corrected chi connectivity index (χ2v) is 13.2. The molecule has 4 rings (SSSR count). The van der Waals surface area contributed by atoms with Gasteiger partial charge in [0.1, 0.15) is 17.1 Å². The van der Waals surface area contributed by atoms with Crippen LogP contribution in [0.15, 0.2) is 23.0 Å². The lowest BCUT2D eigenvalue weighted by molar-refractivity contribution is -0.204.